The number of fused-ring (bicyclic) bond motifs is 1. The van der Waals surface area contributed by atoms with Crippen LogP contribution in [0.1, 0.15) is 22.0 Å². The van der Waals surface area contributed by atoms with Crippen molar-refractivity contribution in [3.63, 3.8) is 0 Å². The van der Waals surface area contributed by atoms with Gasteiger partial charge in [0.2, 0.25) is 6.10 Å². The number of nitrogens with zero attached hydrogens (tertiary/aromatic N) is 1. The third kappa shape index (κ3) is 3.02. The maximum atomic E-state index is 11.8. The molecule has 0 radical (unpaired) electrons. The molecule has 1 aliphatic heterocycles. The number of nitro groups is 1. The summed E-state index contributed by atoms with van der Waals surface area (Å²) in [5.74, 6) is -0.568. The zero-order chi connectivity index (χ0) is 16.4. The minimum absolute atomic E-state index is 0.261. The zero-order valence-corrected chi connectivity index (χ0v) is 12.5. The minimum atomic E-state index is -1.04. The Labute approximate surface area is 136 Å². The molecule has 116 valence electrons. The summed E-state index contributed by atoms with van der Waals surface area (Å²) in [7, 11) is 0. The largest absolute Gasteiger partial charge is 0.442 e. The van der Waals surface area contributed by atoms with E-state index in [1.165, 1.54) is 6.20 Å². The Bertz CT molecular complexity index is 819. The number of cyclic esters (lactones) is 1. The second kappa shape index (κ2) is 6.10. The second-order valence-electron chi connectivity index (χ2n) is 4.85. The summed E-state index contributed by atoms with van der Waals surface area (Å²) >= 11 is 5.87. The Morgan fingerprint density at radius 2 is 2.04 bits per heavy atom. The number of ether oxygens (including phenoxy) is 1. The molecule has 6 nitrogen and oxygen atoms in total. The van der Waals surface area contributed by atoms with Crippen LogP contribution in [-0.2, 0) is 4.74 Å². The third-order valence-corrected chi connectivity index (χ3v) is 3.61. The van der Waals surface area contributed by atoms with E-state index in [0.29, 0.717) is 21.8 Å². The van der Waals surface area contributed by atoms with Gasteiger partial charge >= 0.3 is 11.7 Å². The van der Waals surface area contributed by atoms with Gasteiger partial charge in [-0.05, 0) is 24.3 Å². The lowest BCUT2D eigenvalue weighted by molar-refractivity contribution is -0.436. The molecule has 7 heteroatoms. The van der Waals surface area contributed by atoms with Crippen molar-refractivity contribution in [1.82, 2.24) is 0 Å². The third-order valence-electron chi connectivity index (χ3n) is 3.38. The standard InChI is InChI=1S/C16H11ClN2O4/c17-10-4-3-5-11(8-10)18-9-14(19(21)22)15-12-6-1-2-7-13(12)16(20)23-15/h1-9,15,18H/b14-9+/t15-/m1/s1. The van der Waals surface area contributed by atoms with Crippen molar-refractivity contribution in [3.8, 4) is 0 Å². The molecule has 2 aromatic carbocycles. The summed E-state index contributed by atoms with van der Waals surface area (Å²) in [5, 5.41) is 14.7. The molecule has 0 saturated heterocycles. The van der Waals surface area contributed by atoms with Gasteiger partial charge < -0.3 is 10.1 Å². The Hall–Kier alpha value is -2.86. The van der Waals surface area contributed by atoms with Crippen molar-refractivity contribution >= 4 is 23.3 Å². The van der Waals surface area contributed by atoms with Crippen LogP contribution in [0.2, 0.25) is 5.02 Å². The average Bonchev–Trinajstić information content (AvgIpc) is 2.85. The number of hydrogen-bond donors (Lipinski definition) is 1. The van der Waals surface area contributed by atoms with Crippen molar-refractivity contribution in [1.29, 1.82) is 0 Å². The first-order chi connectivity index (χ1) is 11.1. The van der Waals surface area contributed by atoms with Gasteiger partial charge in [0.1, 0.15) is 0 Å². The van der Waals surface area contributed by atoms with Crippen LogP contribution in [0.25, 0.3) is 0 Å². The molecule has 0 amide bonds. The molecule has 0 unspecified atom stereocenters. The highest BCUT2D eigenvalue weighted by atomic mass is 35.5. The molecular formula is C16H11ClN2O4. The van der Waals surface area contributed by atoms with Crippen LogP contribution in [0, 0.1) is 10.1 Å². The van der Waals surface area contributed by atoms with Crippen molar-refractivity contribution in [2.45, 2.75) is 6.10 Å². The van der Waals surface area contributed by atoms with Gasteiger partial charge in [0.05, 0.1) is 16.7 Å². The average molecular weight is 331 g/mol. The lowest BCUT2D eigenvalue weighted by atomic mass is 10.0. The smallest absolute Gasteiger partial charge is 0.339 e. The number of carbonyl (C=O) groups is 1. The van der Waals surface area contributed by atoms with Gasteiger partial charge in [-0.1, -0.05) is 35.9 Å². The van der Waals surface area contributed by atoms with Crippen molar-refractivity contribution in [2.24, 2.45) is 0 Å². The number of halogens is 1. The Kier molecular flexibility index (Phi) is 3.99. The first kappa shape index (κ1) is 15.1. The SMILES string of the molecule is O=C1O[C@@H](/C(=C\Nc2cccc(Cl)c2)[N+](=O)[O-])c2ccccc21. The minimum Gasteiger partial charge on any atom is -0.442 e. The Balaban J connectivity index is 1.93. The van der Waals surface area contributed by atoms with E-state index < -0.39 is 17.0 Å². The number of hydrogen-bond acceptors (Lipinski definition) is 5. The van der Waals surface area contributed by atoms with E-state index >= 15 is 0 Å². The van der Waals surface area contributed by atoms with Crippen LogP contribution in [0.4, 0.5) is 5.69 Å². The van der Waals surface area contributed by atoms with Crippen LogP contribution in [-0.4, -0.2) is 10.9 Å². The quantitative estimate of drug-likeness (QED) is 0.524. The number of esters is 1. The van der Waals surface area contributed by atoms with Crippen LogP contribution in [0.5, 0.6) is 0 Å². The number of benzene rings is 2. The summed E-state index contributed by atoms with van der Waals surface area (Å²) in [6.07, 6.45) is 0.173. The maximum absolute atomic E-state index is 11.8. The van der Waals surface area contributed by atoms with Gasteiger partial charge in [0.15, 0.2) is 0 Å². The van der Waals surface area contributed by atoms with Gasteiger partial charge in [-0.15, -0.1) is 0 Å². The summed E-state index contributed by atoms with van der Waals surface area (Å²) in [4.78, 5) is 22.6. The summed E-state index contributed by atoms with van der Waals surface area (Å²) in [6, 6.07) is 13.4. The van der Waals surface area contributed by atoms with Gasteiger partial charge in [0.25, 0.3) is 0 Å². The Morgan fingerprint density at radius 1 is 1.26 bits per heavy atom. The summed E-state index contributed by atoms with van der Waals surface area (Å²) < 4.78 is 5.15. The van der Waals surface area contributed by atoms with E-state index in [1.54, 1.807) is 48.5 Å². The molecule has 2 aromatic rings. The first-order valence-corrected chi connectivity index (χ1v) is 7.10. The molecule has 3 rings (SSSR count). The summed E-state index contributed by atoms with van der Waals surface area (Å²) in [6.45, 7) is 0. The van der Waals surface area contributed by atoms with Gasteiger partial charge in [0, 0.05) is 16.3 Å². The molecule has 0 saturated carbocycles. The van der Waals surface area contributed by atoms with E-state index in [9.17, 15) is 14.9 Å². The molecule has 1 heterocycles. The first-order valence-electron chi connectivity index (χ1n) is 6.73. The topological polar surface area (TPSA) is 81.5 Å². The lowest BCUT2D eigenvalue weighted by Gasteiger charge is -2.09. The van der Waals surface area contributed by atoms with Gasteiger partial charge in [-0.2, -0.15) is 0 Å². The van der Waals surface area contributed by atoms with Crippen molar-refractivity contribution < 1.29 is 14.5 Å². The molecule has 0 bridgehead atoms. The van der Waals surface area contributed by atoms with Crippen LogP contribution >= 0.6 is 11.6 Å². The second-order valence-corrected chi connectivity index (χ2v) is 5.29. The molecule has 0 aliphatic carbocycles. The fraction of sp³-hybridized carbons (Fsp3) is 0.0625. The highest BCUT2D eigenvalue weighted by Gasteiger charge is 2.39. The monoisotopic (exact) mass is 330 g/mol. The zero-order valence-electron chi connectivity index (χ0n) is 11.7. The van der Waals surface area contributed by atoms with Crippen molar-refractivity contribution in [2.75, 3.05) is 5.32 Å². The molecule has 1 aliphatic rings. The van der Waals surface area contributed by atoms with E-state index in [-0.39, 0.29) is 5.70 Å². The van der Waals surface area contributed by atoms with E-state index in [0.717, 1.165) is 0 Å². The van der Waals surface area contributed by atoms with Crippen molar-refractivity contribution in [3.05, 3.63) is 86.7 Å². The van der Waals surface area contributed by atoms with Gasteiger partial charge in [-0.3, -0.25) is 10.1 Å². The maximum Gasteiger partial charge on any atom is 0.339 e. The van der Waals surface area contributed by atoms with E-state index in [4.69, 9.17) is 16.3 Å². The lowest BCUT2D eigenvalue weighted by Crippen LogP contribution is -2.12. The fourth-order valence-electron chi connectivity index (χ4n) is 2.32. The number of rotatable bonds is 4. The molecule has 23 heavy (non-hydrogen) atoms. The fourth-order valence-corrected chi connectivity index (χ4v) is 2.52. The molecule has 0 fully saturated rings. The highest BCUT2D eigenvalue weighted by Crippen LogP contribution is 2.35. The molecular weight excluding hydrogens is 320 g/mol. The predicted octanol–water partition coefficient (Wildman–Crippen LogP) is 3.78. The van der Waals surface area contributed by atoms with Crippen LogP contribution in [0.15, 0.2) is 60.4 Å². The van der Waals surface area contributed by atoms with Crippen LogP contribution in [0.3, 0.4) is 0 Å². The molecule has 0 aromatic heterocycles. The van der Waals surface area contributed by atoms with Crippen LogP contribution < -0.4 is 5.32 Å². The van der Waals surface area contributed by atoms with Gasteiger partial charge in [-0.25, -0.2) is 4.79 Å². The Morgan fingerprint density at radius 3 is 2.78 bits per heavy atom. The van der Waals surface area contributed by atoms with E-state index in [1.807, 2.05) is 0 Å². The number of anilines is 1. The van der Waals surface area contributed by atoms with E-state index in [2.05, 4.69) is 5.32 Å². The molecule has 1 atom stereocenters. The number of carbonyl (C=O) groups excluding carboxylic acids is 1. The molecule has 1 N–H and O–H groups in total. The molecule has 0 spiro atoms. The highest BCUT2D eigenvalue weighted by molar-refractivity contribution is 6.30. The summed E-state index contributed by atoms with van der Waals surface area (Å²) in [5.41, 5.74) is 1.15. The number of nitrogens with one attached hydrogen (secondary N) is 1. The predicted molar refractivity (Wildman–Crippen MR) is 84.8 cm³/mol. The normalized spacial score (nSPS) is 16.7.